The average Bonchev–Trinajstić information content (AvgIpc) is 2.70. The number of aliphatic carboxylic acids is 1. The molecule has 2 atom stereocenters. The molecule has 23 heavy (non-hydrogen) atoms. The monoisotopic (exact) mass is 322 g/mol. The number of likely N-dealkylation sites (N-methyl/N-ethyl adjacent to an activating group) is 1. The Labute approximate surface area is 139 Å². The van der Waals surface area contributed by atoms with Crippen LogP contribution in [0.1, 0.15) is 45.1 Å². The standard InChI is InChI=1S/C15H23NO.C3H7NO2/c1-3-15(9-4-5-10-16(2)12-15)13-7-6-8-14(17)11-13;1-2(4)3(5)6/h6-8,11,17H,3-5,9-10,12H2,1-2H3;2H,4H2,1H3,(H,5,6)/t;2-/m.0/s1. The second-order valence-corrected chi connectivity index (χ2v) is 6.51. The van der Waals surface area contributed by atoms with E-state index in [9.17, 15) is 9.90 Å². The van der Waals surface area contributed by atoms with Crippen LogP contribution in [0.5, 0.6) is 5.75 Å². The molecule has 0 spiro atoms. The molecule has 0 radical (unpaired) electrons. The number of rotatable bonds is 3. The van der Waals surface area contributed by atoms with Crippen molar-refractivity contribution >= 4 is 5.97 Å². The maximum Gasteiger partial charge on any atom is 0.320 e. The Morgan fingerprint density at radius 1 is 1.43 bits per heavy atom. The van der Waals surface area contributed by atoms with E-state index in [1.807, 2.05) is 12.1 Å². The van der Waals surface area contributed by atoms with Crippen molar-refractivity contribution in [3.8, 4) is 5.75 Å². The van der Waals surface area contributed by atoms with Gasteiger partial charge in [0.25, 0.3) is 0 Å². The molecule has 5 heteroatoms. The van der Waals surface area contributed by atoms with Crippen molar-refractivity contribution in [2.75, 3.05) is 20.1 Å². The molecule has 1 aromatic carbocycles. The van der Waals surface area contributed by atoms with Gasteiger partial charge in [-0.2, -0.15) is 0 Å². The Kier molecular flexibility index (Phi) is 7.52. The van der Waals surface area contributed by atoms with Gasteiger partial charge in [-0.3, -0.25) is 4.79 Å². The fraction of sp³-hybridized carbons (Fsp3) is 0.611. The van der Waals surface area contributed by atoms with Gasteiger partial charge in [-0.15, -0.1) is 0 Å². The molecule has 1 saturated heterocycles. The Hall–Kier alpha value is -1.59. The predicted molar refractivity (Wildman–Crippen MR) is 92.7 cm³/mol. The zero-order valence-corrected chi connectivity index (χ0v) is 14.5. The number of nitrogens with two attached hydrogens (primary N) is 1. The molecule has 2 rings (SSSR count). The lowest BCUT2D eigenvalue weighted by atomic mass is 9.74. The fourth-order valence-electron chi connectivity index (χ4n) is 3.08. The molecular weight excluding hydrogens is 292 g/mol. The third-order valence-corrected chi connectivity index (χ3v) is 4.54. The zero-order valence-electron chi connectivity index (χ0n) is 14.5. The predicted octanol–water partition coefficient (Wildman–Crippen LogP) is 2.57. The van der Waals surface area contributed by atoms with Crippen LogP contribution in [-0.2, 0) is 10.2 Å². The van der Waals surface area contributed by atoms with Crippen molar-refractivity contribution in [2.24, 2.45) is 5.73 Å². The first-order chi connectivity index (χ1) is 10.8. The molecule has 0 aliphatic carbocycles. The summed E-state index contributed by atoms with van der Waals surface area (Å²) in [6.07, 6.45) is 4.95. The van der Waals surface area contributed by atoms with Crippen molar-refractivity contribution in [1.82, 2.24) is 4.90 Å². The highest BCUT2D eigenvalue weighted by atomic mass is 16.4. The molecule has 1 aliphatic rings. The minimum atomic E-state index is -0.963. The van der Waals surface area contributed by atoms with Gasteiger partial charge in [0.1, 0.15) is 11.8 Å². The van der Waals surface area contributed by atoms with E-state index in [1.54, 1.807) is 6.07 Å². The van der Waals surface area contributed by atoms with Crippen LogP contribution in [0.15, 0.2) is 24.3 Å². The van der Waals surface area contributed by atoms with Gasteiger partial charge in [0.05, 0.1) is 0 Å². The van der Waals surface area contributed by atoms with Crippen molar-refractivity contribution in [3.63, 3.8) is 0 Å². The van der Waals surface area contributed by atoms with Crippen LogP contribution in [0.3, 0.4) is 0 Å². The molecule has 5 nitrogen and oxygen atoms in total. The summed E-state index contributed by atoms with van der Waals surface area (Å²) < 4.78 is 0. The number of carboxylic acid groups (broad SMARTS) is 1. The number of likely N-dealkylation sites (tertiary alicyclic amines) is 1. The third-order valence-electron chi connectivity index (χ3n) is 4.54. The van der Waals surface area contributed by atoms with Crippen LogP contribution in [0.4, 0.5) is 0 Å². The second-order valence-electron chi connectivity index (χ2n) is 6.51. The normalized spacial score (nSPS) is 23.3. The number of nitrogens with zero attached hydrogens (tertiary/aromatic N) is 1. The first-order valence-corrected chi connectivity index (χ1v) is 8.27. The van der Waals surface area contributed by atoms with Gasteiger partial charge < -0.3 is 20.8 Å². The van der Waals surface area contributed by atoms with Gasteiger partial charge in [0, 0.05) is 12.0 Å². The highest BCUT2D eigenvalue weighted by Gasteiger charge is 2.33. The summed E-state index contributed by atoms with van der Waals surface area (Å²) in [5.74, 6) is -0.572. The van der Waals surface area contributed by atoms with Gasteiger partial charge in [-0.1, -0.05) is 25.5 Å². The maximum atomic E-state index is 9.68. The van der Waals surface area contributed by atoms with Gasteiger partial charge >= 0.3 is 5.97 Å². The van der Waals surface area contributed by atoms with E-state index in [2.05, 4.69) is 24.9 Å². The summed E-state index contributed by atoms with van der Waals surface area (Å²) in [5, 5.41) is 17.5. The second kappa shape index (κ2) is 8.89. The molecule has 1 aromatic rings. The number of aromatic hydroxyl groups is 1. The number of carbonyl (C=O) groups is 1. The Morgan fingerprint density at radius 2 is 2.09 bits per heavy atom. The first-order valence-electron chi connectivity index (χ1n) is 8.27. The topological polar surface area (TPSA) is 86.8 Å². The van der Waals surface area contributed by atoms with Crippen molar-refractivity contribution in [2.45, 2.75) is 51.0 Å². The Balaban J connectivity index is 0.000000379. The van der Waals surface area contributed by atoms with Crippen LogP contribution in [0.2, 0.25) is 0 Å². The van der Waals surface area contributed by atoms with Gasteiger partial charge in [0.2, 0.25) is 0 Å². The minimum Gasteiger partial charge on any atom is -0.508 e. The lowest BCUT2D eigenvalue weighted by Crippen LogP contribution is -2.37. The summed E-state index contributed by atoms with van der Waals surface area (Å²) in [6, 6.07) is 7.11. The van der Waals surface area contributed by atoms with Crippen LogP contribution < -0.4 is 5.73 Å². The lowest BCUT2D eigenvalue weighted by molar-refractivity contribution is -0.138. The summed E-state index contributed by atoms with van der Waals surface area (Å²) in [7, 11) is 2.21. The Bertz CT molecular complexity index is 505. The molecule has 1 aliphatic heterocycles. The number of benzene rings is 1. The largest absolute Gasteiger partial charge is 0.508 e. The van der Waals surface area contributed by atoms with Crippen molar-refractivity contribution < 1.29 is 15.0 Å². The number of carboxylic acids is 1. The molecule has 130 valence electrons. The molecule has 0 saturated carbocycles. The van der Waals surface area contributed by atoms with E-state index in [-0.39, 0.29) is 5.41 Å². The summed E-state index contributed by atoms with van der Waals surface area (Å²) in [5.41, 5.74) is 6.36. The molecule has 1 heterocycles. The van der Waals surface area contributed by atoms with E-state index in [0.29, 0.717) is 5.75 Å². The number of hydrogen-bond donors (Lipinski definition) is 3. The van der Waals surface area contributed by atoms with Crippen LogP contribution in [0.25, 0.3) is 0 Å². The molecule has 4 N–H and O–H groups in total. The molecular formula is C18H30N2O3. The van der Waals surface area contributed by atoms with Crippen molar-refractivity contribution in [1.29, 1.82) is 0 Å². The highest BCUT2D eigenvalue weighted by Crippen LogP contribution is 2.37. The average molecular weight is 322 g/mol. The van der Waals surface area contributed by atoms with E-state index in [4.69, 9.17) is 10.8 Å². The van der Waals surface area contributed by atoms with Gasteiger partial charge in [-0.25, -0.2) is 0 Å². The summed E-state index contributed by atoms with van der Waals surface area (Å²) in [4.78, 5) is 12.0. The highest BCUT2D eigenvalue weighted by molar-refractivity contribution is 5.72. The van der Waals surface area contributed by atoms with E-state index in [0.717, 1.165) is 13.0 Å². The first kappa shape index (κ1) is 19.5. The maximum absolute atomic E-state index is 9.68. The molecule has 1 fully saturated rings. The number of phenols is 1. The summed E-state index contributed by atoms with van der Waals surface area (Å²) >= 11 is 0. The van der Waals surface area contributed by atoms with Crippen LogP contribution in [0, 0.1) is 0 Å². The molecule has 1 unspecified atom stereocenters. The smallest absolute Gasteiger partial charge is 0.320 e. The van der Waals surface area contributed by atoms with Crippen LogP contribution >= 0.6 is 0 Å². The fourth-order valence-corrected chi connectivity index (χ4v) is 3.08. The number of phenolic OH excluding ortho intramolecular Hbond substituents is 1. The zero-order chi connectivity index (χ0) is 17.5. The third kappa shape index (κ3) is 5.84. The molecule has 0 amide bonds. The SMILES string of the molecule is CCC1(c2cccc(O)c2)CCCCN(C)C1.C[C@H](N)C(=O)O. The van der Waals surface area contributed by atoms with E-state index < -0.39 is 12.0 Å². The van der Waals surface area contributed by atoms with Gasteiger partial charge in [0.15, 0.2) is 0 Å². The lowest BCUT2D eigenvalue weighted by Gasteiger charge is -2.35. The van der Waals surface area contributed by atoms with Crippen molar-refractivity contribution in [3.05, 3.63) is 29.8 Å². The molecule has 0 bridgehead atoms. The van der Waals surface area contributed by atoms with Crippen LogP contribution in [-0.4, -0.2) is 47.3 Å². The van der Waals surface area contributed by atoms with Gasteiger partial charge in [-0.05, 0) is 57.5 Å². The Morgan fingerprint density at radius 3 is 2.61 bits per heavy atom. The van der Waals surface area contributed by atoms with E-state index in [1.165, 1.54) is 38.3 Å². The number of hydrogen-bond acceptors (Lipinski definition) is 4. The minimum absolute atomic E-state index is 0.226. The van der Waals surface area contributed by atoms with E-state index >= 15 is 0 Å². The quantitative estimate of drug-likeness (QED) is 0.796. The molecule has 0 aromatic heterocycles. The summed E-state index contributed by atoms with van der Waals surface area (Å²) in [6.45, 7) is 5.99.